The summed E-state index contributed by atoms with van der Waals surface area (Å²) in [5.74, 6) is -2.58. The number of carbonyl (C=O) groups is 1. The van der Waals surface area contributed by atoms with Gasteiger partial charge in [-0.2, -0.15) is 4.98 Å². The van der Waals surface area contributed by atoms with Gasteiger partial charge in [0.25, 0.3) is 5.89 Å². The average Bonchev–Trinajstić information content (AvgIpc) is 2.83. The molecule has 0 bridgehead atoms. The molecular weight excluding hydrogens is 290 g/mol. The molecule has 0 unspecified atom stereocenters. The first-order valence-electron chi connectivity index (χ1n) is 5.46. The van der Waals surface area contributed by atoms with Gasteiger partial charge < -0.3 is 14.2 Å². The molecule has 9 nitrogen and oxygen atoms in total. The van der Waals surface area contributed by atoms with Gasteiger partial charge in [-0.25, -0.2) is 8.42 Å². The van der Waals surface area contributed by atoms with E-state index in [1.54, 1.807) is 13.8 Å². The van der Waals surface area contributed by atoms with E-state index >= 15 is 0 Å². The highest BCUT2D eigenvalue weighted by molar-refractivity contribution is 7.91. The van der Waals surface area contributed by atoms with Crippen molar-refractivity contribution in [2.45, 2.75) is 19.6 Å². The minimum Gasteiger partial charge on any atom is -0.480 e. The molecular formula is C10H11N3O6S. The number of aliphatic carboxylic acids is 1. The number of hydrogen-bond acceptors (Lipinski definition) is 8. The smallest absolute Gasteiger partial charge is 0.318 e. The molecule has 0 aliphatic rings. The summed E-state index contributed by atoms with van der Waals surface area (Å²) in [6.45, 7) is 3.33. The van der Waals surface area contributed by atoms with Gasteiger partial charge in [-0.3, -0.25) is 4.79 Å². The van der Waals surface area contributed by atoms with Gasteiger partial charge in [0.1, 0.15) is 22.8 Å². The third-order valence-electron chi connectivity index (χ3n) is 2.41. The number of hydrogen-bond donors (Lipinski definition) is 1. The lowest BCUT2D eigenvalue weighted by molar-refractivity contribution is -0.134. The summed E-state index contributed by atoms with van der Waals surface area (Å²) in [7, 11) is -3.83. The molecule has 0 spiro atoms. The first-order valence-corrected chi connectivity index (χ1v) is 7.28. The fraction of sp³-hybridized carbons (Fsp3) is 0.400. The third-order valence-corrected chi connectivity index (χ3v) is 3.79. The lowest BCUT2D eigenvalue weighted by Crippen LogP contribution is -2.17. The van der Waals surface area contributed by atoms with Gasteiger partial charge in [0.05, 0.1) is 5.69 Å². The van der Waals surface area contributed by atoms with Gasteiger partial charge in [-0.15, -0.1) is 0 Å². The Morgan fingerprint density at radius 1 is 1.25 bits per heavy atom. The van der Waals surface area contributed by atoms with Crippen molar-refractivity contribution in [2.75, 3.05) is 5.75 Å². The summed E-state index contributed by atoms with van der Waals surface area (Å²) < 4.78 is 32.9. The van der Waals surface area contributed by atoms with Gasteiger partial charge >= 0.3 is 5.97 Å². The van der Waals surface area contributed by atoms with E-state index in [0.717, 1.165) is 0 Å². The highest BCUT2D eigenvalue weighted by Crippen LogP contribution is 2.25. The summed E-state index contributed by atoms with van der Waals surface area (Å²) in [4.78, 5) is 14.3. The van der Waals surface area contributed by atoms with Crippen LogP contribution >= 0.6 is 0 Å². The fourth-order valence-corrected chi connectivity index (χ4v) is 2.63. The van der Waals surface area contributed by atoms with Crippen LogP contribution in [0.1, 0.15) is 17.3 Å². The quantitative estimate of drug-likeness (QED) is 0.828. The van der Waals surface area contributed by atoms with Crippen molar-refractivity contribution >= 4 is 15.8 Å². The normalized spacial score (nSPS) is 11.7. The molecule has 0 fully saturated rings. The van der Waals surface area contributed by atoms with Crippen LogP contribution in [-0.4, -0.2) is 40.5 Å². The molecule has 0 aliphatic heterocycles. The molecule has 2 rings (SSSR count). The minimum atomic E-state index is -3.83. The lowest BCUT2D eigenvalue weighted by atomic mass is 10.2. The maximum absolute atomic E-state index is 11.5. The van der Waals surface area contributed by atoms with Gasteiger partial charge in [0, 0.05) is 0 Å². The van der Waals surface area contributed by atoms with E-state index in [0.29, 0.717) is 17.0 Å². The summed E-state index contributed by atoms with van der Waals surface area (Å²) in [5.41, 5.74) is 1.03. The highest BCUT2D eigenvalue weighted by Gasteiger charge is 2.23. The predicted octanol–water partition coefficient (Wildman–Crippen LogP) is 0.341. The third kappa shape index (κ3) is 3.02. The lowest BCUT2D eigenvalue weighted by Gasteiger charge is -1.95. The minimum absolute atomic E-state index is 0.0850. The highest BCUT2D eigenvalue weighted by atomic mass is 32.2. The van der Waals surface area contributed by atoms with Crippen LogP contribution in [0.15, 0.2) is 9.05 Å². The maximum atomic E-state index is 11.5. The van der Waals surface area contributed by atoms with Crippen molar-refractivity contribution < 1.29 is 27.4 Å². The Kier molecular flexibility index (Phi) is 3.57. The van der Waals surface area contributed by atoms with Crippen LogP contribution in [0.5, 0.6) is 0 Å². The molecule has 0 saturated carbocycles. The standard InChI is InChI=1S/C10H11N3O6S/c1-5-9(6(2)18-12-5)10-11-7(13-19-10)3-20(16,17)4-8(14)15/h3-4H2,1-2H3,(H,14,15). The molecule has 0 radical (unpaired) electrons. The second-order valence-corrected chi connectivity index (χ2v) is 6.21. The second-order valence-electron chi connectivity index (χ2n) is 4.14. The van der Waals surface area contributed by atoms with E-state index in [2.05, 4.69) is 15.3 Å². The number of aryl methyl sites for hydroxylation is 2. The van der Waals surface area contributed by atoms with Crippen molar-refractivity contribution in [1.82, 2.24) is 15.3 Å². The molecule has 108 valence electrons. The topological polar surface area (TPSA) is 136 Å². The zero-order chi connectivity index (χ0) is 14.9. The fourth-order valence-electron chi connectivity index (χ4n) is 1.64. The Morgan fingerprint density at radius 3 is 2.50 bits per heavy atom. The maximum Gasteiger partial charge on any atom is 0.318 e. The second kappa shape index (κ2) is 5.04. The monoisotopic (exact) mass is 301 g/mol. The van der Waals surface area contributed by atoms with E-state index < -0.39 is 27.3 Å². The van der Waals surface area contributed by atoms with Crippen molar-refractivity contribution in [2.24, 2.45) is 0 Å². The Labute approximate surface area is 113 Å². The zero-order valence-electron chi connectivity index (χ0n) is 10.7. The average molecular weight is 301 g/mol. The predicted molar refractivity (Wildman–Crippen MR) is 64.4 cm³/mol. The van der Waals surface area contributed by atoms with Crippen molar-refractivity contribution in [3.05, 3.63) is 17.3 Å². The van der Waals surface area contributed by atoms with Crippen molar-refractivity contribution in [3.63, 3.8) is 0 Å². The van der Waals surface area contributed by atoms with Crippen molar-refractivity contribution in [3.8, 4) is 11.5 Å². The summed E-state index contributed by atoms with van der Waals surface area (Å²) in [6.07, 6.45) is 0. The van der Waals surface area contributed by atoms with Gasteiger partial charge in [0.15, 0.2) is 15.7 Å². The van der Waals surface area contributed by atoms with E-state index in [-0.39, 0.29) is 11.7 Å². The number of rotatable bonds is 5. The van der Waals surface area contributed by atoms with Crippen LogP contribution in [0, 0.1) is 13.8 Å². The van der Waals surface area contributed by atoms with Gasteiger partial charge in [-0.05, 0) is 13.8 Å². The molecule has 1 N–H and O–H groups in total. The number of sulfone groups is 1. The molecule has 2 aromatic heterocycles. The van der Waals surface area contributed by atoms with Crippen LogP contribution in [-0.2, 0) is 20.4 Å². The van der Waals surface area contributed by atoms with Crippen LogP contribution in [0.2, 0.25) is 0 Å². The summed E-state index contributed by atoms with van der Waals surface area (Å²) >= 11 is 0. The Balaban J connectivity index is 2.24. The number of aromatic nitrogens is 3. The SMILES string of the molecule is Cc1noc(C)c1-c1nc(CS(=O)(=O)CC(=O)O)no1. The van der Waals surface area contributed by atoms with E-state index in [1.807, 2.05) is 0 Å². The van der Waals surface area contributed by atoms with Gasteiger partial charge in [0.2, 0.25) is 0 Å². The summed E-state index contributed by atoms with van der Waals surface area (Å²) in [5, 5.41) is 15.7. The molecule has 0 aliphatic carbocycles. The first-order chi connectivity index (χ1) is 9.28. The number of carboxylic acid groups (broad SMARTS) is 1. The largest absolute Gasteiger partial charge is 0.480 e. The molecule has 2 aromatic rings. The van der Waals surface area contributed by atoms with E-state index in [1.165, 1.54) is 0 Å². The van der Waals surface area contributed by atoms with Gasteiger partial charge in [-0.1, -0.05) is 10.3 Å². The van der Waals surface area contributed by atoms with Crippen LogP contribution < -0.4 is 0 Å². The Hall–Kier alpha value is -2.23. The van der Waals surface area contributed by atoms with Crippen LogP contribution in [0.3, 0.4) is 0 Å². The first kappa shape index (κ1) is 14.2. The van der Waals surface area contributed by atoms with Crippen molar-refractivity contribution in [1.29, 1.82) is 0 Å². The molecule has 10 heteroatoms. The molecule has 0 aromatic carbocycles. The number of carboxylic acids is 1. The summed E-state index contributed by atoms with van der Waals surface area (Å²) in [6, 6.07) is 0. The Bertz CT molecular complexity index is 725. The van der Waals surface area contributed by atoms with E-state index in [9.17, 15) is 13.2 Å². The van der Waals surface area contributed by atoms with Crippen LogP contribution in [0.4, 0.5) is 0 Å². The molecule has 20 heavy (non-hydrogen) atoms. The van der Waals surface area contributed by atoms with E-state index in [4.69, 9.17) is 14.2 Å². The molecule has 2 heterocycles. The van der Waals surface area contributed by atoms with Crippen LogP contribution in [0.25, 0.3) is 11.5 Å². The molecule has 0 saturated heterocycles. The molecule has 0 amide bonds. The Morgan fingerprint density at radius 2 is 1.95 bits per heavy atom. The number of nitrogens with zero attached hydrogens (tertiary/aromatic N) is 3. The molecule has 0 atom stereocenters. The zero-order valence-corrected chi connectivity index (χ0v) is 11.5.